The van der Waals surface area contributed by atoms with Gasteiger partial charge in [-0.05, 0) is 12.8 Å². The second-order valence-electron chi connectivity index (χ2n) is 5.63. The van der Waals surface area contributed by atoms with Crippen LogP contribution in [0.4, 0.5) is 0 Å². The van der Waals surface area contributed by atoms with E-state index in [0.29, 0.717) is 6.61 Å². The standard InChI is InChI=1S/C18H34O/c1-2-3-4-5-6-7-8-9-10-11-12-13-14-15-16-17-18-19/h1,19H,3-18H2. The Bertz CT molecular complexity index is 192. The van der Waals surface area contributed by atoms with Crippen LogP contribution in [0.15, 0.2) is 0 Å². The lowest BCUT2D eigenvalue weighted by Crippen LogP contribution is -1.85. The topological polar surface area (TPSA) is 20.2 Å². The first kappa shape index (κ1) is 18.5. The van der Waals surface area contributed by atoms with Crippen LogP contribution in [-0.4, -0.2) is 11.7 Å². The van der Waals surface area contributed by atoms with Crippen LogP contribution in [0.5, 0.6) is 0 Å². The molecule has 0 heterocycles. The molecule has 0 aliphatic rings. The summed E-state index contributed by atoms with van der Waals surface area (Å²) in [5.74, 6) is 2.70. The summed E-state index contributed by atoms with van der Waals surface area (Å²) in [7, 11) is 0. The Morgan fingerprint density at radius 3 is 1.16 bits per heavy atom. The van der Waals surface area contributed by atoms with E-state index in [1.54, 1.807) is 0 Å². The molecule has 0 amide bonds. The van der Waals surface area contributed by atoms with Crippen LogP contribution >= 0.6 is 0 Å². The van der Waals surface area contributed by atoms with E-state index in [-0.39, 0.29) is 0 Å². The molecule has 0 aliphatic heterocycles. The van der Waals surface area contributed by atoms with E-state index in [1.807, 2.05) is 0 Å². The zero-order valence-corrected chi connectivity index (χ0v) is 12.8. The van der Waals surface area contributed by atoms with Crippen LogP contribution in [0, 0.1) is 12.3 Å². The molecule has 19 heavy (non-hydrogen) atoms. The first-order valence-corrected chi connectivity index (χ1v) is 8.46. The van der Waals surface area contributed by atoms with Crippen LogP contribution in [-0.2, 0) is 0 Å². The summed E-state index contributed by atoms with van der Waals surface area (Å²) in [6.07, 6.45) is 24.8. The molecule has 112 valence electrons. The molecule has 0 bridgehead atoms. The number of rotatable bonds is 15. The zero-order valence-electron chi connectivity index (χ0n) is 12.8. The molecule has 0 saturated heterocycles. The van der Waals surface area contributed by atoms with Crippen molar-refractivity contribution < 1.29 is 5.11 Å². The number of hydrogen-bond donors (Lipinski definition) is 1. The zero-order chi connectivity index (χ0) is 14.0. The maximum absolute atomic E-state index is 8.66. The first-order chi connectivity index (χ1) is 9.41. The van der Waals surface area contributed by atoms with Gasteiger partial charge in [0.2, 0.25) is 0 Å². The van der Waals surface area contributed by atoms with Gasteiger partial charge in [-0.3, -0.25) is 0 Å². The number of unbranched alkanes of at least 4 members (excludes halogenated alkanes) is 14. The van der Waals surface area contributed by atoms with E-state index in [1.165, 1.54) is 83.5 Å². The summed E-state index contributed by atoms with van der Waals surface area (Å²) in [5, 5.41) is 8.66. The minimum Gasteiger partial charge on any atom is -0.396 e. The van der Waals surface area contributed by atoms with E-state index < -0.39 is 0 Å². The molecular formula is C18H34O. The summed E-state index contributed by atoms with van der Waals surface area (Å²) in [4.78, 5) is 0. The van der Waals surface area contributed by atoms with Crippen molar-refractivity contribution in [2.45, 2.75) is 96.3 Å². The Morgan fingerprint density at radius 2 is 0.842 bits per heavy atom. The van der Waals surface area contributed by atoms with Gasteiger partial charge in [0.1, 0.15) is 0 Å². The lowest BCUT2D eigenvalue weighted by molar-refractivity contribution is 0.282. The third kappa shape index (κ3) is 17.5. The molecule has 0 aromatic heterocycles. The smallest absolute Gasteiger partial charge is 0.0431 e. The van der Waals surface area contributed by atoms with Crippen LogP contribution in [0.1, 0.15) is 96.3 Å². The van der Waals surface area contributed by atoms with Crippen molar-refractivity contribution in [2.75, 3.05) is 6.61 Å². The van der Waals surface area contributed by atoms with Crippen molar-refractivity contribution in [2.24, 2.45) is 0 Å². The number of hydrogen-bond acceptors (Lipinski definition) is 1. The fraction of sp³-hybridized carbons (Fsp3) is 0.889. The monoisotopic (exact) mass is 266 g/mol. The van der Waals surface area contributed by atoms with Crippen LogP contribution < -0.4 is 0 Å². The van der Waals surface area contributed by atoms with Crippen LogP contribution in [0.3, 0.4) is 0 Å². The average molecular weight is 266 g/mol. The van der Waals surface area contributed by atoms with Crippen molar-refractivity contribution in [3.05, 3.63) is 0 Å². The van der Waals surface area contributed by atoms with Gasteiger partial charge in [0.05, 0.1) is 0 Å². The molecule has 0 atom stereocenters. The van der Waals surface area contributed by atoms with Crippen molar-refractivity contribution in [1.82, 2.24) is 0 Å². The molecule has 1 nitrogen and oxygen atoms in total. The molecule has 0 saturated carbocycles. The second kappa shape index (κ2) is 17.5. The molecule has 0 aromatic rings. The summed E-state index contributed by atoms with van der Waals surface area (Å²) >= 11 is 0. The molecule has 1 N–H and O–H groups in total. The Balaban J connectivity index is 2.90. The van der Waals surface area contributed by atoms with E-state index in [0.717, 1.165) is 12.8 Å². The average Bonchev–Trinajstić information content (AvgIpc) is 2.43. The summed E-state index contributed by atoms with van der Waals surface area (Å²) in [5.41, 5.74) is 0. The van der Waals surface area contributed by atoms with Crippen molar-refractivity contribution >= 4 is 0 Å². The molecule has 0 rings (SSSR count). The Morgan fingerprint density at radius 1 is 0.526 bits per heavy atom. The summed E-state index contributed by atoms with van der Waals surface area (Å²) in [6.45, 7) is 0.364. The normalized spacial score (nSPS) is 10.5. The summed E-state index contributed by atoms with van der Waals surface area (Å²) in [6, 6.07) is 0. The van der Waals surface area contributed by atoms with Crippen molar-refractivity contribution in [1.29, 1.82) is 0 Å². The van der Waals surface area contributed by atoms with Gasteiger partial charge < -0.3 is 5.11 Å². The Labute approximate surface area is 121 Å². The highest BCUT2D eigenvalue weighted by Crippen LogP contribution is 2.13. The fourth-order valence-electron chi connectivity index (χ4n) is 2.46. The maximum atomic E-state index is 8.66. The van der Waals surface area contributed by atoms with E-state index in [4.69, 9.17) is 11.5 Å². The number of aliphatic hydroxyl groups is 1. The number of aliphatic hydroxyl groups excluding tert-OH is 1. The van der Waals surface area contributed by atoms with E-state index >= 15 is 0 Å². The largest absolute Gasteiger partial charge is 0.396 e. The van der Waals surface area contributed by atoms with E-state index in [9.17, 15) is 0 Å². The first-order valence-electron chi connectivity index (χ1n) is 8.46. The quantitative estimate of drug-likeness (QED) is 0.308. The van der Waals surface area contributed by atoms with Gasteiger partial charge in [-0.1, -0.05) is 77.0 Å². The maximum Gasteiger partial charge on any atom is 0.0431 e. The highest BCUT2D eigenvalue weighted by atomic mass is 16.2. The van der Waals surface area contributed by atoms with Crippen molar-refractivity contribution in [3.8, 4) is 12.3 Å². The van der Waals surface area contributed by atoms with Crippen LogP contribution in [0.25, 0.3) is 0 Å². The molecular weight excluding hydrogens is 232 g/mol. The predicted octanol–water partition coefficient (Wildman–Crippen LogP) is 5.46. The third-order valence-corrected chi connectivity index (χ3v) is 3.73. The number of terminal acetylenes is 1. The van der Waals surface area contributed by atoms with Gasteiger partial charge in [0.15, 0.2) is 0 Å². The lowest BCUT2D eigenvalue weighted by Gasteiger charge is -2.02. The Kier molecular flexibility index (Phi) is 17.1. The SMILES string of the molecule is C#CCCCCCCCCCCCCCCCCO. The molecule has 0 radical (unpaired) electrons. The molecule has 0 aliphatic carbocycles. The molecule has 0 spiro atoms. The molecule has 0 aromatic carbocycles. The fourth-order valence-corrected chi connectivity index (χ4v) is 2.46. The van der Waals surface area contributed by atoms with Gasteiger partial charge in [0, 0.05) is 13.0 Å². The Hall–Kier alpha value is -0.480. The summed E-state index contributed by atoms with van der Waals surface area (Å²) < 4.78 is 0. The van der Waals surface area contributed by atoms with Gasteiger partial charge >= 0.3 is 0 Å². The third-order valence-electron chi connectivity index (χ3n) is 3.73. The molecule has 0 unspecified atom stereocenters. The van der Waals surface area contributed by atoms with Crippen molar-refractivity contribution in [3.63, 3.8) is 0 Å². The predicted molar refractivity (Wildman–Crippen MR) is 85.2 cm³/mol. The highest BCUT2D eigenvalue weighted by Gasteiger charge is 1.93. The second-order valence-corrected chi connectivity index (χ2v) is 5.63. The molecule has 0 fully saturated rings. The van der Waals surface area contributed by atoms with E-state index in [2.05, 4.69) is 5.92 Å². The van der Waals surface area contributed by atoms with Gasteiger partial charge in [-0.15, -0.1) is 12.3 Å². The minimum atomic E-state index is 0.364. The lowest BCUT2D eigenvalue weighted by atomic mass is 10.0. The molecule has 1 heteroatoms. The van der Waals surface area contributed by atoms with Gasteiger partial charge in [0.25, 0.3) is 0 Å². The van der Waals surface area contributed by atoms with Gasteiger partial charge in [-0.2, -0.15) is 0 Å². The highest BCUT2D eigenvalue weighted by molar-refractivity contribution is 4.82. The minimum absolute atomic E-state index is 0.364. The van der Waals surface area contributed by atoms with Gasteiger partial charge in [-0.25, -0.2) is 0 Å². The van der Waals surface area contributed by atoms with Crippen LogP contribution in [0.2, 0.25) is 0 Å².